The van der Waals surface area contributed by atoms with Crippen LogP contribution in [0.3, 0.4) is 0 Å². The molecule has 1 aliphatic rings. The molecule has 0 unspecified atom stereocenters. The van der Waals surface area contributed by atoms with E-state index in [9.17, 15) is 9.90 Å². The van der Waals surface area contributed by atoms with Crippen molar-refractivity contribution >= 4 is 40.4 Å². The van der Waals surface area contributed by atoms with Gasteiger partial charge in [0.15, 0.2) is 0 Å². The number of nitrogens with zero attached hydrogens (tertiary/aromatic N) is 1. The van der Waals surface area contributed by atoms with E-state index in [1.165, 1.54) is 11.3 Å². The maximum absolute atomic E-state index is 11.9. The van der Waals surface area contributed by atoms with Crippen LogP contribution >= 0.6 is 34.5 Å². The first-order chi connectivity index (χ1) is 8.61. The lowest BCUT2D eigenvalue weighted by atomic mass is 10.1. The summed E-state index contributed by atoms with van der Waals surface area (Å²) in [6.07, 6.45) is 2.10. The molecule has 1 aromatic rings. The molecule has 0 aromatic carbocycles. The summed E-state index contributed by atoms with van der Waals surface area (Å²) < 4.78 is 0. The van der Waals surface area contributed by atoms with Crippen molar-refractivity contribution in [3.05, 3.63) is 21.3 Å². The average Bonchev–Trinajstić information content (AvgIpc) is 2.94. The van der Waals surface area contributed by atoms with Crippen molar-refractivity contribution in [3.8, 4) is 0 Å². The molecule has 0 spiro atoms. The zero-order chi connectivity index (χ0) is 13.1. The third kappa shape index (κ3) is 3.18. The maximum Gasteiger partial charge on any atom is 0.238 e. The van der Waals surface area contributed by atoms with E-state index in [4.69, 9.17) is 23.2 Å². The molecule has 18 heavy (non-hydrogen) atoms. The van der Waals surface area contributed by atoms with Crippen LogP contribution in [-0.2, 0) is 11.3 Å². The van der Waals surface area contributed by atoms with Crippen LogP contribution in [0.1, 0.15) is 24.1 Å². The van der Waals surface area contributed by atoms with E-state index in [1.54, 1.807) is 4.90 Å². The first-order valence-electron chi connectivity index (χ1n) is 5.88. The van der Waals surface area contributed by atoms with Crippen LogP contribution in [0.25, 0.3) is 0 Å². The Hall–Kier alpha value is -0.290. The molecule has 1 fully saturated rings. The van der Waals surface area contributed by atoms with Crippen LogP contribution < -0.4 is 0 Å². The second kappa shape index (κ2) is 6.24. The first-order valence-corrected chi connectivity index (χ1v) is 7.67. The van der Waals surface area contributed by atoms with E-state index in [-0.39, 0.29) is 17.8 Å². The van der Waals surface area contributed by atoms with Crippen molar-refractivity contribution < 1.29 is 9.90 Å². The molecule has 1 N–H and O–H groups in total. The highest BCUT2D eigenvalue weighted by atomic mass is 35.5. The Bertz CT molecular complexity index is 424. The standard InChI is InChI=1S/C12H15Cl2NO2S/c13-5-12(17)15(10-2-1-3-11(10)16)6-9-4-8(14)7-18-9/h4,7,10-11,16H,1-3,5-6H2/t10-,11-/m1/s1. The smallest absolute Gasteiger partial charge is 0.238 e. The summed E-state index contributed by atoms with van der Waals surface area (Å²) in [6.45, 7) is 0.477. The SMILES string of the molecule is O=C(CCl)N(Cc1cc(Cl)cs1)[C@@H]1CCC[C@H]1O. The molecule has 1 aliphatic carbocycles. The summed E-state index contributed by atoms with van der Waals surface area (Å²) in [5.74, 6) is -0.186. The molecule has 1 saturated carbocycles. The first kappa shape index (κ1) is 14.1. The highest BCUT2D eigenvalue weighted by Gasteiger charge is 2.33. The van der Waals surface area contributed by atoms with Gasteiger partial charge in [-0.3, -0.25) is 4.79 Å². The Morgan fingerprint density at radius 1 is 1.56 bits per heavy atom. The molecular formula is C12H15Cl2NO2S. The number of amides is 1. The Kier molecular flexibility index (Phi) is 4.90. The van der Waals surface area contributed by atoms with Crippen LogP contribution in [0.5, 0.6) is 0 Å². The van der Waals surface area contributed by atoms with E-state index in [0.29, 0.717) is 11.6 Å². The van der Waals surface area contributed by atoms with Crippen molar-refractivity contribution in [2.75, 3.05) is 5.88 Å². The normalized spacial score (nSPS) is 23.3. The molecule has 1 aromatic heterocycles. The molecule has 0 aliphatic heterocycles. The minimum Gasteiger partial charge on any atom is -0.391 e. The minimum absolute atomic E-state index is 0.0532. The third-order valence-electron chi connectivity index (χ3n) is 3.23. The number of carbonyl (C=O) groups excluding carboxylic acids is 1. The van der Waals surface area contributed by atoms with Crippen LogP contribution in [-0.4, -0.2) is 33.9 Å². The van der Waals surface area contributed by atoms with Gasteiger partial charge in [-0.2, -0.15) is 0 Å². The lowest BCUT2D eigenvalue weighted by molar-refractivity contribution is -0.133. The second-order valence-electron chi connectivity index (χ2n) is 4.45. The number of halogens is 2. The number of hydrogen-bond acceptors (Lipinski definition) is 3. The zero-order valence-corrected chi connectivity index (χ0v) is 12.1. The van der Waals surface area contributed by atoms with E-state index in [1.807, 2.05) is 11.4 Å². The lowest BCUT2D eigenvalue weighted by Gasteiger charge is -2.30. The number of hydrogen-bond donors (Lipinski definition) is 1. The second-order valence-corrected chi connectivity index (χ2v) is 6.15. The summed E-state index contributed by atoms with van der Waals surface area (Å²) in [7, 11) is 0. The molecule has 2 atom stereocenters. The van der Waals surface area contributed by atoms with E-state index in [2.05, 4.69) is 0 Å². The monoisotopic (exact) mass is 307 g/mol. The van der Waals surface area contributed by atoms with Gasteiger partial charge in [-0.25, -0.2) is 0 Å². The van der Waals surface area contributed by atoms with Gasteiger partial charge in [0.2, 0.25) is 5.91 Å². The van der Waals surface area contributed by atoms with Gasteiger partial charge < -0.3 is 10.0 Å². The van der Waals surface area contributed by atoms with Gasteiger partial charge in [-0.15, -0.1) is 22.9 Å². The summed E-state index contributed by atoms with van der Waals surface area (Å²) >= 11 is 13.0. The highest BCUT2D eigenvalue weighted by Crippen LogP contribution is 2.28. The Labute approximate surface area is 120 Å². The number of thiophene rings is 1. The van der Waals surface area contributed by atoms with Crippen molar-refractivity contribution in [2.45, 2.75) is 38.0 Å². The van der Waals surface area contributed by atoms with Crippen molar-refractivity contribution in [2.24, 2.45) is 0 Å². The van der Waals surface area contributed by atoms with Gasteiger partial charge in [0.05, 0.1) is 23.7 Å². The predicted octanol–water partition coefficient (Wildman–Crippen LogP) is 2.88. The average molecular weight is 308 g/mol. The van der Waals surface area contributed by atoms with E-state index in [0.717, 1.165) is 24.1 Å². The van der Waals surface area contributed by atoms with Crippen LogP contribution in [0.4, 0.5) is 0 Å². The molecule has 0 saturated heterocycles. The van der Waals surface area contributed by atoms with Crippen LogP contribution in [0, 0.1) is 0 Å². The fraction of sp³-hybridized carbons (Fsp3) is 0.583. The quantitative estimate of drug-likeness (QED) is 0.869. The molecule has 1 heterocycles. The van der Waals surface area contributed by atoms with Crippen LogP contribution in [0.2, 0.25) is 5.02 Å². The lowest BCUT2D eigenvalue weighted by Crippen LogP contribution is -2.44. The molecule has 100 valence electrons. The molecule has 0 radical (unpaired) electrons. The Balaban J connectivity index is 2.12. The van der Waals surface area contributed by atoms with Gasteiger partial charge in [-0.05, 0) is 25.3 Å². The van der Waals surface area contributed by atoms with Gasteiger partial charge in [0.25, 0.3) is 0 Å². The fourth-order valence-electron chi connectivity index (χ4n) is 2.36. The summed E-state index contributed by atoms with van der Waals surface area (Å²) in [5, 5.41) is 12.4. The summed E-state index contributed by atoms with van der Waals surface area (Å²) in [4.78, 5) is 14.6. The van der Waals surface area contributed by atoms with E-state index < -0.39 is 6.10 Å². The van der Waals surface area contributed by atoms with Crippen molar-refractivity contribution in [1.82, 2.24) is 4.90 Å². The largest absolute Gasteiger partial charge is 0.391 e. The van der Waals surface area contributed by atoms with E-state index >= 15 is 0 Å². The molecule has 1 amide bonds. The Morgan fingerprint density at radius 2 is 2.33 bits per heavy atom. The number of rotatable bonds is 4. The molecule has 2 rings (SSSR count). The topological polar surface area (TPSA) is 40.5 Å². The Morgan fingerprint density at radius 3 is 2.83 bits per heavy atom. The summed E-state index contributed by atoms with van der Waals surface area (Å²) in [5.41, 5.74) is 0. The van der Waals surface area contributed by atoms with Gasteiger partial charge in [0, 0.05) is 10.3 Å². The van der Waals surface area contributed by atoms with Crippen LogP contribution in [0.15, 0.2) is 11.4 Å². The number of alkyl halides is 1. The van der Waals surface area contributed by atoms with Crippen molar-refractivity contribution in [1.29, 1.82) is 0 Å². The minimum atomic E-state index is -0.437. The van der Waals surface area contributed by atoms with Gasteiger partial charge >= 0.3 is 0 Å². The van der Waals surface area contributed by atoms with Crippen molar-refractivity contribution in [3.63, 3.8) is 0 Å². The molecule has 0 bridgehead atoms. The highest BCUT2D eigenvalue weighted by molar-refractivity contribution is 7.10. The number of carbonyl (C=O) groups is 1. The predicted molar refractivity (Wildman–Crippen MR) is 74.2 cm³/mol. The zero-order valence-electron chi connectivity index (χ0n) is 9.81. The molecular weight excluding hydrogens is 293 g/mol. The van der Waals surface area contributed by atoms with Gasteiger partial charge in [0.1, 0.15) is 5.88 Å². The molecule has 3 nitrogen and oxygen atoms in total. The molecule has 6 heteroatoms. The third-order valence-corrected chi connectivity index (χ3v) is 4.72. The van der Waals surface area contributed by atoms with Gasteiger partial charge in [-0.1, -0.05) is 11.6 Å². The number of aliphatic hydroxyl groups excluding tert-OH is 1. The fourth-order valence-corrected chi connectivity index (χ4v) is 3.58. The number of aliphatic hydroxyl groups is 1. The summed E-state index contributed by atoms with van der Waals surface area (Å²) in [6, 6.07) is 1.74. The maximum atomic E-state index is 11.9.